The molecule has 0 aliphatic carbocycles. The Morgan fingerprint density at radius 3 is 2.46 bits per heavy atom. The first-order valence-corrected chi connectivity index (χ1v) is 12.3. The summed E-state index contributed by atoms with van der Waals surface area (Å²) in [5.74, 6) is 0.532. The monoisotopic (exact) mass is 508 g/mol. The van der Waals surface area contributed by atoms with Crippen LogP contribution in [0.1, 0.15) is 18.1 Å². The highest BCUT2D eigenvalue weighted by atomic mass is 32.2. The SMILES string of the molecule is CCOc1cc(/C=C2\SC(=S)N(c3ccc(N(C)C)cc3)C2=O)ccc1OCc1ccccc1F. The lowest BCUT2D eigenvalue weighted by molar-refractivity contribution is -0.113. The normalized spacial score (nSPS) is 14.5. The molecular weight excluding hydrogens is 483 g/mol. The quantitative estimate of drug-likeness (QED) is 0.264. The average Bonchev–Trinajstić information content (AvgIpc) is 3.12. The van der Waals surface area contributed by atoms with Crippen molar-refractivity contribution in [3.8, 4) is 11.5 Å². The van der Waals surface area contributed by atoms with E-state index in [0.29, 0.717) is 32.9 Å². The van der Waals surface area contributed by atoms with Crippen molar-refractivity contribution in [2.24, 2.45) is 0 Å². The Balaban J connectivity index is 1.54. The molecule has 1 amide bonds. The van der Waals surface area contributed by atoms with Gasteiger partial charge in [0.05, 0.1) is 17.2 Å². The maximum absolute atomic E-state index is 13.9. The summed E-state index contributed by atoms with van der Waals surface area (Å²) < 4.78 is 26.0. The number of carbonyl (C=O) groups is 1. The summed E-state index contributed by atoms with van der Waals surface area (Å²) in [6.07, 6.45) is 1.79. The molecule has 3 aromatic rings. The Kier molecular flexibility index (Phi) is 7.73. The van der Waals surface area contributed by atoms with Gasteiger partial charge in [-0.2, -0.15) is 0 Å². The summed E-state index contributed by atoms with van der Waals surface area (Å²) in [4.78, 5) is 17.2. The summed E-state index contributed by atoms with van der Waals surface area (Å²) >= 11 is 6.76. The van der Waals surface area contributed by atoms with Crippen molar-refractivity contribution in [2.75, 3.05) is 30.5 Å². The first kappa shape index (κ1) is 24.8. The Labute approximate surface area is 214 Å². The number of rotatable bonds is 8. The summed E-state index contributed by atoms with van der Waals surface area (Å²) in [5.41, 5.74) is 3.00. The first-order chi connectivity index (χ1) is 16.9. The average molecular weight is 509 g/mol. The number of hydrogen-bond acceptors (Lipinski definition) is 6. The number of amides is 1. The van der Waals surface area contributed by atoms with E-state index in [1.165, 1.54) is 17.8 Å². The van der Waals surface area contributed by atoms with Crippen molar-refractivity contribution in [2.45, 2.75) is 13.5 Å². The van der Waals surface area contributed by atoms with Crippen molar-refractivity contribution in [3.05, 3.63) is 88.6 Å². The molecule has 0 N–H and O–H groups in total. The lowest BCUT2D eigenvalue weighted by Crippen LogP contribution is -2.27. The topological polar surface area (TPSA) is 42.0 Å². The Bertz CT molecular complexity index is 1280. The van der Waals surface area contributed by atoms with Crippen LogP contribution < -0.4 is 19.3 Å². The number of thiocarbonyl (C=S) groups is 1. The Hall–Kier alpha value is -3.36. The second-order valence-electron chi connectivity index (χ2n) is 7.95. The predicted molar refractivity (Wildman–Crippen MR) is 145 cm³/mol. The van der Waals surface area contributed by atoms with E-state index >= 15 is 0 Å². The molecule has 0 bridgehead atoms. The Morgan fingerprint density at radius 2 is 1.77 bits per heavy atom. The molecule has 3 aromatic carbocycles. The molecule has 8 heteroatoms. The van der Waals surface area contributed by atoms with Crippen LogP contribution in [0.3, 0.4) is 0 Å². The van der Waals surface area contributed by atoms with Crippen LogP contribution >= 0.6 is 24.0 Å². The fourth-order valence-electron chi connectivity index (χ4n) is 3.51. The zero-order chi connectivity index (χ0) is 24.9. The number of ether oxygens (including phenoxy) is 2. The highest BCUT2D eigenvalue weighted by Crippen LogP contribution is 2.38. The van der Waals surface area contributed by atoms with Gasteiger partial charge in [-0.25, -0.2) is 4.39 Å². The van der Waals surface area contributed by atoms with Crippen LogP contribution in [0.25, 0.3) is 6.08 Å². The standard InChI is InChI=1S/C27H25FN2O3S2/c1-4-32-24-15-18(9-14-23(24)33-17-19-7-5-6-8-22(19)28)16-25-26(31)30(27(34)35-25)21-12-10-20(11-13-21)29(2)3/h5-16H,4,17H2,1-3H3/b25-16-. The molecule has 1 heterocycles. The highest BCUT2D eigenvalue weighted by molar-refractivity contribution is 8.27. The van der Waals surface area contributed by atoms with E-state index in [-0.39, 0.29) is 18.3 Å². The molecule has 0 radical (unpaired) electrons. The number of carbonyl (C=O) groups excluding carboxylic acids is 1. The third-order valence-electron chi connectivity index (χ3n) is 5.32. The molecule has 1 fully saturated rings. The maximum Gasteiger partial charge on any atom is 0.270 e. The van der Waals surface area contributed by atoms with Gasteiger partial charge in [-0.1, -0.05) is 48.2 Å². The summed E-state index contributed by atoms with van der Waals surface area (Å²) in [6, 6.07) is 19.6. The van der Waals surface area contributed by atoms with E-state index in [1.807, 2.05) is 56.3 Å². The predicted octanol–water partition coefficient (Wildman–Crippen LogP) is 6.28. The van der Waals surface area contributed by atoms with Crippen molar-refractivity contribution in [1.29, 1.82) is 0 Å². The molecule has 0 unspecified atom stereocenters. The Morgan fingerprint density at radius 1 is 1.03 bits per heavy atom. The number of hydrogen-bond donors (Lipinski definition) is 0. The van der Waals surface area contributed by atoms with Gasteiger partial charge in [0.1, 0.15) is 12.4 Å². The molecule has 5 nitrogen and oxygen atoms in total. The minimum atomic E-state index is -0.319. The number of halogens is 1. The lowest BCUT2D eigenvalue weighted by atomic mass is 10.1. The fourth-order valence-corrected chi connectivity index (χ4v) is 4.81. The minimum Gasteiger partial charge on any atom is -0.490 e. The van der Waals surface area contributed by atoms with Crippen molar-refractivity contribution >= 4 is 51.7 Å². The van der Waals surface area contributed by atoms with E-state index in [1.54, 1.807) is 41.3 Å². The van der Waals surface area contributed by atoms with E-state index in [2.05, 4.69) is 0 Å². The third-order valence-corrected chi connectivity index (χ3v) is 6.63. The second kappa shape index (κ2) is 10.9. The van der Waals surface area contributed by atoms with Crippen molar-refractivity contribution in [1.82, 2.24) is 0 Å². The zero-order valence-corrected chi connectivity index (χ0v) is 21.3. The molecule has 1 saturated heterocycles. The third kappa shape index (κ3) is 5.66. The fraction of sp³-hybridized carbons (Fsp3) is 0.185. The molecule has 4 rings (SSSR count). The molecule has 0 saturated carbocycles. The molecule has 0 atom stereocenters. The van der Waals surface area contributed by atoms with E-state index in [4.69, 9.17) is 21.7 Å². The molecule has 35 heavy (non-hydrogen) atoms. The number of benzene rings is 3. The van der Waals surface area contributed by atoms with Crippen LogP contribution in [0.5, 0.6) is 11.5 Å². The van der Waals surface area contributed by atoms with E-state index in [9.17, 15) is 9.18 Å². The molecule has 0 spiro atoms. The first-order valence-electron chi connectivity index (χ1n) is 11.1. The van der Waals surface area contributed by atoms with Gasteiger partial charge in [-0.05, 0) is 61.0 Å². The number of thioether (sulfide) groups is 1. The van der Waals surface area contributed by atoms with Crippen LogP contribution in [0.4, 0.5) is 15.8 Å². The van der Waals surface area contributed by atoms with Crippen LogP contribution in [0, 0.1) is 5.82 Å². The van der Waals surface area contributed by atoms with Gasteiger partial charge >= 0.3 is 0 Å². The van der Waals surface area contributed by atoms with Gasteiger partial charge in [0.15, 0.2) is 15.8 Å². The number of nitrogens with zero attached hydrogens (tertiary/aromatic N) is 2. The maximum atomic E-state index is 13.9. The van der Waals surface area contributed by atoms with Gasteiger partial charge < -0.3 is 14.4 Å². The smallest absolute Gasteiger partial charge is 0.270 e. The van der Waals surface area contributed by atoms with Gasteiger partial charge in [0, 0.05) is 25.3 Å². The van der Waals surface area contributed by atoms with E-state index in [0.717, 1.165) is 16.9 Å². The van der Waals surface area contributed by atoms with Crippen LogP contribution in [-0.4, -0.2) is 30.9 Å². The van der Waals surface area contributed by atoms with Crippen molar-refractivity contribution < 1.29 is 18.7 Å². The molecule has 0 aromatic heterocycles. The van der Waals surface area contributed by atoms with Gasteiger partial charge in [0.25, 0.3) is 5.91 Å². The second-order valence-corrected chi connectivity index (χ2v) is 9.62. The molecule has 1 aliphatic heterocycles. The van der Waals surface area contributed by atoms with Gasteiger partial charge in [-0.3, -0.25) is 9.69 Å². The largest absolute Gasteiger partial charge is 0.490 e. The minimum absolute atomic E-state index is 0.0807. The number of anilines is 2. The molecule has 1 aliphatic rings. The van der Waals surface area contributed by atoms with E-state index < -0.39 is 0 Å². The van der Waals surface area contributed by atoms with Gasteiger partial charge in [-0.15, -0.1) is 0 Å². The molecular formula is C27H25FN2O3S2. The molecule has 180 valence electrons. The van der Waals surface area contributed by atoms with Gasteiger partial charge in [0.2, 0.25) is 0 Å². The lowest BCUT2D eigenvalue weighted by Gasteiger charge is -2.17. The summed E-state index contributed by atoms with van der Waals surface area (Å²) in [7, 11) is 3.92. The highest BCUT2D eigenvalue weighted by Gasteiger charge is 2.33. The zero-order valence-electron chi connectivity index (χ0n) is 19.7. The van der Waals surface area contributed by atoms with Crippen LogP contribution in [0.2, 0.25) is 0 Å². The summed E-state index contributed by atoms with van der Waals surface area (Å²) in [5, 5.41) is 0. The van der Waals surface area contributed by atoms with Crippen molar-refractivity contribution in [3.63, 3.8) is 0 Å². The van der Waals surface area contributed by atoms with Crippen LogP contribution in [0.15, 0.2) is 71.6 Å². The summed E-state index contributed by atoms with van der Waals surface area (Å²) in [6.45, 7) is 2.39. The van der Waals surface area contributed by atoms with Crippen LogP contribution in [-0.2, 0) is 11.4 Å².